The van der Waals surface area contributed by atoms with Gasteiger partial charge in [0.1, 0.15) is 11.4 Å². The Morgan fingerprint density at radius 1 is 1.17 bits per heavy atom. The van der Waals surface area contributed by atoms with Crippen LogP contribution in [0.15, 0.2) is 72.2 Å². The van der Waals surface area contributed by atoms with Crippen LogP contribution in [0.2, 0.25) is 5.02 Å². The Kier molecular flexibility index (Phi) is 5.64. The Hall–Kier alpha value is -3.09. The lowest BCUT2D eigenvalue weighted by Gasteiger charge is -2.10. The normalized spacial score (nSPS) is 10.7. The molecule has 0 saturated carbocycles. The predicted molar refractivity (Wildman–Crippen MR) is 117 cm³/mol. The van der Waals surface area contributed by atoms with Crippen molar-refractivity contribution < 1.29 is 9.53 Å². The van der Waals surface area contributed by atoms with E-state index in [1.807, 2.05) is 47.8 Å². The number of anilines is 1. The molecular formula is C22H18ClN3O2S. The first-order chi connectivity index (χ1) is 14.1. The van der Waals surface area contributed by atoms with Crippen LogP contribution in [0.4, 0.5) is 5.69 Å². The molecule has 0 saturated heterocycles. The molecule has 0 aliphatic heterocycles. The van der Waals surface area contributed by atoms with E-state index in [2.05, 4.69) is 10.4 Å². The van der Waals surface area contributed by atoms with Gasteiger partial charge in [0.25, 0.3) is 5.91 Å². The van der Waals surface area contributed by atoms with E-state index < -0.39 is 0 Å². The number of nitrogens with one attached hydrogen (secondary N) is 1. The van der Waals surface area contributed by atoms with Gasteiger partial charge in [-0.3, -0.25) is 9.48 Å². The number of carbonyl (C=O) groups excluding carboxylic acids is 1. The van der Waals surface area contributed by atoms with E-state index in [-0.39, 0.29) is 5.91 Å². The zero-order valence-corrected chi connectivity index (χ0v) is 17.2. The molecule has 0 unspecified atom stereocenters. The molecule has 2 aromatic carbocycles. The fraction of sp³-hybridized carbons (Fsp3) is 0.0909. The van der Waals surface area contributed by atoms with Crippen molar-refractivity contribution >= 4 is 34.5 Å². The third-order valence-electron chi connectivity index (χ3n) is 4.36. The predicted octanol–water partition coefficient (Wildman–Crippen LogP) is 5.57. The number of hydrogen-bond donors (Lipinski definition) is 1. The molecule has 2 aromatic heterocycles. The second-order valence-corrected chi connectivity index (χ2v) is 7.73. The van der Waals surface area contributed by atoms with Crippen molar-refractivity contribution in [1.29, 1.82) is 0 Å². The third-order valence-corrected chi connectivity index (χ3v) is 5.47. The summed E-state index contributed by atoms with van der Waals surface area (Å²) in [5, 5.41) is 10.1. The molecule has 0 atom stereocenters. The molecule has 0 bridgehead atoms. The van der Waals surface area contributed by atoms with E-state index in [0.717, 1.165) is 10.4 Å². The van der Waals surface area contributed by atoms with Crippen LogP contribution in [0, 0.1) is 0 Å². The molecule has 146 valence electrons. The van der Waals surface area contributed by atoms with Crippen LogP contribution in [0.25, 0.3) is 10.6 Å². The molecule has 29 heavy (non-hydrogen) atoms. The molecule has 1 amide bonds. The van der Waals surface area contributed by atoms with E-state index in [4.69, 9.17) is 16.3 Å². The van der Waals surface area contributed by atoms with Crippen LogP contribution in [-0.2, 0) is 6.54 Å². The number of amides is 1. The van der Waals surface area contributed by atoms with E-state index in [1.165, 1.54) is 0 Å². The monoisotopic (exact) mass is 423 g/mol. The lowest BCUT2D eigenvalue weighted by molar-refractivity contribution is 0.102. The number of thiophene rings is 1. The molecule has 5 nitrogen and oxygen atoms in total. The molecule has 0 radical (unpaired) electrons. The van der Waals surface area contributed by atoms with E-state index in [9.17, 15) is 4.79 Å². The van der Waals surface area contributed by atoms with E-state index >= 15 is 0 Å². The van der Waals surface area contributed by atoms with Crippen molar-refractivity contribution in [3.63, 3.8) is 0 Å². The van der Waals surface area contributed by atoms with E-state index in [0.29, 0.717) is 34.3 Å². The second-order valence-electron chi connectivity index (χ2n) is 6.35. The second kappa shape index (κ2) is 8.51. The summed E-state index contributed by atoms with van der Waals surface area (Å²) >= 11 is 7.63. The Morgan fingerprint density at radius 2 is 2.00 bits per heavy atom. The molecule has 0 spiro atoms. The first-order valence-electron chi connectivity index (χ1n) is 8.94. The quantitative estimate of drug-likeness (QED) is 0.440. The molecule has 1 N–H and O–H groups in total. The average Bonchev–Trinajstić information content (AvgIpc) is 3.39. The number of rotatable bonds is 6. The van der Waals surface area contributed by atoms with Gasteiger partial charge >= 0.3 is 0 Å². The smallest absolute Gasteiger partial charge is 0.259 e. The summed E-state index contributed by atoms with van der Waals surface area (Å²) in [4.78, 5) is 14.0. The highest BCUT2D eigenvalue weighted by molar-refractivity contribution is 7.13. The number of methoxy groups -OCH3 is 1. The van der Waals surface area contributed by atoms with Gasteiger partial charge in [-0.2, -0.15) is 5.10 Å². The van der Waals surface area contributed by atoms with Gasteiger partial charge < -0.3 is 10.1 Å². The molecule has 0 fully saturated rings. The molecule has 2 heterocycles. The van der Waals surface area contributed by atoms with Gasteiger partial charge in [0, 0.05) is 11.2 Å². The van der Waals surface area contributed by atoms with Crippen molar-refractivity contribution in [2.45, 2.75) is 6.54 Å². The zero-order valence-electron chi connectivity index (χ0n) is 15.6. The van der Waals surface area contributed by atoms with Crippen molar-refractivity contribution in [2.24, 2.45) is 0 Å². The number of benzene rings is 2. The number of hydrogen-bond acceptors (Lipinski definition) is 4. The number of carbonyl (C=O) groups is 1. The van der Waals surface area contributed by atoms with Crippen LogP contribution in [0.5, 0.6) is 5.75 Å². The van der Waals surface area contributed by atoms with Crippen LogP contribution in [-0.4, -0.2) is 22.8 Å². The molecule has 7 heteroatoms. The SMILES string of the molecule is COc1ccc(Cl)cc1NC(=O)c1cn(Cc2ccccc2)nc1-c1cccs1. The largest absolute Gasteiger partial charge is 0.495 e. The molecular weight excluding hydrogens is 406 g/mol. The maximum atomic E-state index is 13.1. The Morgan fingerprint density at radius 3 is 2.72 bits per heavy atom. The molecule has 0 aliphatic carbocycles. The summed E-state index contributed by atoms with van der Waals surface area (Å²) in [6.07, 6.45) is 1.77. The van der Waals surface area contributed by atoms with Crippen LogP contribution < -0.4 is 10.1 Å². The maximum Gasteiger partial charge on any atom is 0.259 e. The molecule has 4 aromatic rings. The minimum absolute atomic E-state index is 0.270. The fourth-order valence-corrected chi connectivity index (χ4v) is 3.90. The highest BCUT2D eigenvalue weighted by Crippen LogP contribution is 2.31. The molecule has 4 rings (SSSR count). The summed E-state index contributed by atoms with van der Waals surface area (Å²) in [6, 6.07) is 19.0. The van der Waals surface area contributed by atoms with Crippen molar-refractivity contribution in [2.75, 3.05) is 12.4 Å². The maximum absolute atomic E-state index is 13.1. The van der Waals surface area contributed by atoms with Crippen molar-refractivity contribution in [3.05, 3.63) is 88.4 Å². The Labute approximate surface area is 177 Å². The highest BCUT2D eigenvalue weighted by atomic mass is 35.5. The third kappa shape index (κ3) is 4.34. The number of ether oxygens (including phenoxy) is 1. The van der Waals surface area contributed by atoms with Crippen molar-refractivity contribution in [3.8, 4) is 16.3 Å². The minimum atomic E-state index is -0.270. The van der Waals surface area contributed by atoms with Gasteiger partial charge in [-0.25, -0.2) is 0 Å². The lowest BCUT2D eigenvalue weighted by atomic mass is 10.2. The first kappa shape index (κ1) is 19.2. The van der Waals surface area contributed by atoms with Gasteiger partial charge in [-0.15, -0.1) is 11.3 Å². The van der Waals surface area contributed by atoms with Gasteiger partial charge in [0.2, 0.25) is 0 Å². The standard InChI is InChI=1S/C22H18ClN3O2S/c1-28-19-10-9-16(23)12-18(19)24-22(27)17-14-26(13-15-6-3-2-4-7-15)25-21(17)20-8-5-11-29-20/h2-12,14H,13H2,1H3,(H,24,27). The van der Waals surface area contributed by atoms with Crippen molar-refractivity contribution in [1.82, 2.24) is 9.78 Å². The lowest BCUT2D eigenvalue weighted by Crippen LogP contribution is -2.13. The summed E-state index contributed by atoms with van der Waals surface area (Å²) < 4.78 is 7.12. The highest BCUT2D eigenvalue weighted by Gasteiger charge is 2.20. The number of halogens is 1. The Bertz CT molecular complexity index is 1120. The number of nitrogens with zero attached hydrogens (tertiary/aromatic N) is 2. The van der Waals surface area contributed by atoms with Crippen LogP contribution >= 0.6 is 22.9 Å². The summed E-state index contributed by atoms with van der Waals surface area (Å²) in [5.41, 5.74) is 2.76. The summed E-state index contributed by atoms with van der Waals surface area (Å²) in [7, 11) is 1.55. The Balaban J connectivity index is 1.68. The van der Waals surface area contributed by atoms with Gasteiger partial charge in [-0.05, 0) is 35.2 Å². The zero-order chi connectivity index (χ0) is 20.2. The minimum Gasteiger partial charge on any atom is -0.495 e. The number of aromatic nitrogens is 2. The topological polar surface area (TPSA) is 56.1 Å². The van der Waals surface area contributed by atoms with Gasteiger partial charge in [0.15, 0.2) is 0 Å². The van der Waals surface area contributed by atoms with E-state index in [1.54, 1.807) is 47.5 Å². The first-order valence-corrected chi connectivity index (χ1v) is 10.2. The summed E-state index contributed by atoms with van der Waals surface area (Å²) in [6.45, 7) is 0.576. The summed E-state index contributed by atoms with van der Waals surface area (Å²) in [5.74, 6) is 0.269. The molecule has 0 aliphatic rings. The van der Waals surface area contributed by atoms with Gasteiger partial charge in [0.05, 0.1) is 29.8 Å². The average molecular weight is 424 g/mol. The van der Waals surface area contributed by atoms with Crippen LogP contribution in [0.3, 0.4) is 0 Å². The van der Waals surface area contributed by atoms with Gasteiger partial charge in [-0.1, -0.05) is 48.0 Å². The fourth-order valence-electron chi connectivity index (χ4n) is 3.00. The van der Waals surface area contributed by atoms with Crippen LogP contribution in [0.1, 0.15) is 15.9 Å².